The third kappa shape index (κ3) is 3.00. The first kappa shape index (κ1) is 13.5. The lowest BCUT2D eigenvalue weighted by atomic mass is 9.99. The molecule has 0 amide bonds. The molecule has 2 aromatic carbocycles. The van der Waals surface area contributed by atoms with Gasteiger partial charge in [-0.3, -0.25) is 0 Å². The Hall–Kier alpha value is -2.48. The Kier molecular flexibility index (Phi) is 4.06. The van der Waals surface area contributed by atoms with Crippen molar-refractivity contribution in [2.45, 2.75) is 19.1 Å². The minimum atomic E-state index is -0.120. The molecule has 0 aliphatic carbocycles. The summed E-state index contributed by atoms with van der Waals surface area (Å²) in [5.74, 6) is 0.566. The molecular formula is C19H18O2. The van der Waals surface area contributed by atoms with Crippen molar-refractivity contribution in [3.63, 3.8) is 0 Å². The maximum Gasteiger partial charge on any atom is 0.280 e. The van der Waals surface area contributed by atoms with Crippen LogP contribution in [-0.2, 0) is 9.47 Å². The Morgan fingerprint density at radius 3 is 1.67 bits per heavy atom. The number of hydrogen-bond acceptors (Lipinski definition) is 2. The number of hydrogen-bond donors (Lipinski definition) is 0. The molecule has 0 N–H and O–H groups in total. The molecule has 106 valence electrons. The van der Waals surface area contributed by atoms with E-state index in [1.54, 1.807) is 0 Å². The van der Waals surface area contributed by atoms with Gasteiger partial charge in [-0.15, -0.1) is 0 Å². The Labute approximate surface area is 125 Å². The fourth-order valence-corrected chi connectivity index (χ4v) is 2.43. The minimum Gasteiger partial charge on any atom is -0.453 e. The molecule has 0 spiro atoms. The highest BCUT2D eigenvalue weighted by Gasteiger charge is 2.36. The standard InChI is InChI=1S/C19H18O2/c1-2-3-14-17-20-18(15-10-6-4-7-11-15)19(21-17)16-12-8-5-9-13-16/h2-14,18-19H,1H3/b3-2+/t18-,19-/m1/s1. The van der Waals surface area contributed by atoms with E-state index in [1.165, 1.54) is 0 Å². The number of rotatable bonds is 3. The van der Waals surface area contributed by atoms with Gasteiger partial charge in [-0.2, -0.15) is 0 Å². The molecule has 1 aliphatic rings. The molecule has 3 rings (SSSR count). The quantitative estimate of drug-likeness (QED) is 0.792. The van der Waals surface area contributed by atoms with E-state index in [0.29, 0.717) is 5.95 Å². The Bertz CT molecular complexity index is 580. The fraction of sp³-hybridized carbons (Fsp3) is 0.158. The Morgan fingerprint density at radius 2 is 1.24 bits per heavy atom. The molecule has 2 atom stereocenters. The van der Waals surface area contributed by atoms with Gasteiger partial charge in [0.05, 0.1) is 0 Å². The largest absolute Gasteiger partial charge is 0.453 e. The highest BCUT2D eigenvalue weighted by atomic mass is 16.7. The molecule has 2 heteroatoms. The normalized spacial score (nSPS) is 21.1. The lowest BCUT2D eigenvalue weighted by molar-refractivity contribution is 0.140. The molecule has 2 aromatic rings. The van der Waals surface area contributed by atoms with Crippen LogP contribution in [0.1, 0.15) is 30.3 Å². The number of ether oxygens (including phenoxy) is 2. The van der Waals surface area contributed by atoms with Crippen LogP contribution in [0.4, 0.5) is 0 Å². The molecule has 0 aromatic heterocycles. The summed E-state index contributed by atoms with van der Waals surface area (Å²) < 4.78 is 12.0. The molecule has 1 aliphatic heterocycles. The summed E-state index contributed by atoms with van der Waals surface area (Å²) in [6, 6.07) is 20.4. The summed E-state index contributed by atoms with van der Waals surface area (Å²) in [6.45, 7) is 1.97. The molecule has 1 fully saturated rings. The van der Waals surface area contributed by atoms with Crippen LogP contribution in [-0.4, -0.2) is 0 Å². The van der Waals surface area contributed by atoms with Crippen molar-refractivity contribution >= 4 is 0 Å². The van der Waals surface area contributed by atoms with Crippen LogP contribution in [0.3, 0.4) is 0 Å². The van der Waals surface area contributed by atoms with Crippen molar-refractivity contribution in [2.75, 3.05) is 0 Å². The van der Waals surface area contributed by atoms with E-state index in [0.717, 1.165) is 11.1 Å². The predicted molar refractivity (Wildman–Crippen MR) is 83.4 cm³/mol. The van der Waals surface area contributed by atoms with E-state index < -0.39 is 0 Å². The molecule has 1 heterocycles. The highest BCUT2D eigenvalue weighted by molar-refractivity contribution is 5.27. The second kappa shape index (κ2) is 6.31. The van der Waals surface area contributed by atoms with Gasteiger partial charge < -0.3 is 9.47 Å². The number of benzene rings is 2. The van der Waals surface area contributed by atoms with Crippen molar-refractivity contribution < 1.29 is 9.47 Å². The fourth-order valence-electron chi connectivity index (χ4n) is 2.43. The summed E-state index contributed by atoms with van der Waals surface area (Å²) in [5, 5.41) is 0. The monoisotopic (exact) mass is 278 g/mol. The summed E-state index contributed by atoms with van der Waals surface area (Å²) in [5.41, 5.74) is 2.24. The summed E-state index contributed by atoms with van der Waals surface area (Å²) in [4.78, 5) is 0. The summed E-state index contributed by atoms with van der Waals surface area (Å²) in [6.07, 6.45) is 5.49. The second-order valence-corrected chi connectivity index (χ2v) is 4.91. The zero-order valence-electron chi connectivity index (χ0n) is 12.0. The molecular weight excluding hydrogens is 260 g/mol. The second-order valence-electron chi connectivity index (χ2n) is 4.91. The molecule has 21 heavy (non-hydrogen) atoms. The van der Waals surface area contributed by atoms with E-state index in [-0.39, 0.29) is 12.2 Å². The van der Waals surface area contributed by atoms with Gasteiger partial charge in [0.1, 0.15) is 0 Å². The van der Waals surface area contributed by atoms with Crippen LogP contribution >= 0.6 is 0 Å². The van der Waals surface area contributed by atoms with Crippen LogP contribution < -0.4 is 0 Å². The predicted octanol–water partition coefficient (Wildman–Crippen LogP) is 4.93. The molecule has 0 saturated carbocycles. The van der Waals surface area contributed by atoms with Gasteiger partial charge in [-0.25, -0.2) is 0 Å². The molecule has 0 bridgehead atoms. The first-order valence-electron chi connectivity index (χ1n) is 7.14. The summed E-state index contributed by atoms with van der Waals surface area (Å²) in [7, 11) is 0. The lowest BCUT2D eigenvalue weighted by Crippen LogP contribution is -2.06. The molecule has 0 radical (unpaired) electrons. The van der Waals surface area contributed by atoms with Gasteiger partial charge in [-0.05, 0) is 18.1 Å². The van der Waals surface area contributed by atoms with Crippen LogP contribution in [0.25, 0.3) is 0 Å². The Morgan fingerprint density at radius 1 is 0.762 bits per heavy atom. The van der Waals surface area contributed by atoms with E-state index >= 15 is 0 Å². The van der Waals surface area contributed by atoms with Crippen molar-refractivity contribution in [2.24, 2.45) is 0 Å². The number of allylic oxidation sites excluding steroid dienone is 3. The average molecular weight is 278 g/mol. The third-order valence-corrected chi connectivity index (χ3v) is 3.44. The maximum absolute atomic E-state index is 6.00. The van der Waals surface area contributed by atoms with E-state index in [9.17, 15) is 0 Å². The van der Waals surface area contributed by atoms with Crippen molar-refractivity contribution in [1.29, 1.82) is 0 Å². The van der Waals surface area contributed by atoms with Crippen molar-refractivity contribution in [3.05, 3.63) is 96.0 Å². The van der Waals surface area contributed by atoms with Gasteiger partial charge >= 0.3 is 0 Å². The van der Waals surface area contributed by atoms with Crippen LogP contribution in [0.15, 0.2) is 84.8 Å². The topological polar surface area (TPSA) is 18.5 Å². The third-order valence-electron chi connectivity index (χ3n) is 3.44. The van der Waals surface area contributed by atoms with E-state index in [4.69, 9.17) is 9.47 Å². The zero-order chi connectivity index (χ0) is 14.5. The zero-order valence-corrected chi connectivity index (χ0v) is 12.0. The van der Waals surface area contributed by atoms with E-state index in [1.807, 2.05) is 61.5 Å². The minimum absolute atomic E-state index is 0.120. The maximum atomic E-state index is 6.00. The average Bonchev–Trinajstić information content (AvgIpc) is 2.99. The van der Waals surface area contributed by atoms with Crippen LogP contribution in [0.5, 0.6) is 0 Å². The highest BCUT2D eigenvalue weighted by Crippen LogP contribution is 2.43. The van der Waals surface area contributed by atoms with Gasteiger partial charge in [0.15, 0.2) is 12.2 Å². The smallest absolute Gasteiger partial charge is 0.280 e. The first-order valence-corrected chi connectivity index (χ1v) is 7.14. The first-order chi connectivity index (χ1) is 10.4. The molecule has 2 nitrogen and oxygen atoms in total. The lowest BCUT2D eigenvalue weighted by Gasteiger charge is -2.16. The molecule has 0 unspecified atom stereocenters. The van der Waals surface area contributed by atoms with Crippen molar-refractivity contribution in [3.8, 4) is 0 Å². The van der Waals surface area contributed by atoms with Gasteiger partial charge in [0.2, 0.25) is 0 Å². The van der Waals surface area contributed by atoms with Gasteiger partial charge in [-0.1, -0.05) is 72.8 Å². The van der Waals surface area contributed by atoms with Crippen molar-refractivity contribution in [1.82, 2.24) is 0 Å². The SMILES string of the molecule is C/C=C/C=C1O[C@H](c2ccccc2)[C@@H](c2ccccc2)O1. The van der Waals surface area contributed by atoms with E-state index in [2.05, 4.69) is 24.3 Å². The Balaban J connectivity index is 1.95. The van der Waals surface area contributed by atoms with Gasteiger partial charge in [0.25, 0.3) is 5.95 Å². The van der Waals surface area contributed by atoms with Gasteiger partial charge in [0, 0.05) is 6.08 Å². The summed E-state index contributed by atoms with van der Waals surface area (Å²) >= 11 is 0. The molecule has 1 saturated heterocycles. The van der Waals surface area contributed by atoms with Crippen LogP contribution in [0.2, 0.25) is 0 Å². The van der Waals surface area contributed by atoms with Crippen LogP contribution in [0, 0.1) is 0 Å².